The van der Waals surface area contributed by atoms with Crippen molar-refractivity contribution in [2.45, 2.75) is 57.9 Å². The van der Waals surface area contributed by atoms with E-state index in [1.807, 2.05) is 36.4 Å². The highest BCUT2D eigenvalue weighted by atomic mass is 16.4. The van der Waals surface area contributed by atoms with E-state index in [0.717, 1.165) is 72.0 Å². The number of aryl methyl sites for hydroxylation is 1. The Morgan fingerprint density at radius 1 is 1.09 bits per heavy atom. The summed E-state index contributed by atoms with van der Waals surface area (Å²) in [6.07, 6.45) is 6.41. The largest absolute Gasteiger partial charge is 0.477 e. The summed E-state index contributed by atoms with van der Waals surface area (Å²) in [4.78, 5) is 12.4. The number of nitrogens with one attached hydrogen (secondary N) is 1. The van der Waals surface area contributed by atoms with Crippen LogP contribution in [0.25, 0.3) is 22.5 Å². The zero-order valence-corrected chi connectivity index (χ0v) is 19.2. The van der Waals surface area contributed by atoms with E-state index in [4.69, 9.17) is 5.10 Å². The van der Waals surface area contributed by atoms with Crippen LogP contribution in [0.5, 0.6) is 0 Å². The van der Waals surface area contributed by atoms with Crippen molar-refractivity contribution < 1.29 is 9.90 Å². The lowest BCUT2D eigenvalue weighted by Crippen LogP contribution is -2.22. The van der Waals surface area contributed by atoms with Gasteiger partial charge in [-0.05, 0) is 54.0 Å². The van der Waals surface area contributed by atoms with Crippen LogP contribution in [-0.4, -0.2) is 41.5 Å². The molecule has 8 nitrogen and oxygen atoms in total. The van der Waals surface area contributed by atoms with Gasteiger partial charge < -0.3 is 5.11 Å². The number of carboxylic acids is 1. The summed E-state index contributed by atoms with van der Waals surface area (Å²) in [5.74, 6) is -0.375. The zero-order valence-electron chi connectivity index (χ0n) is 19.2. The third kappa shape index (κ3) is 4.11. The summed E-state index contributed by atoms with van der Waals surface area (Å²) in [6.45, 7) is 2.14. The van der Waals surface area contributed by atoms with Crippen molar-refractivity contribution in [3.63, 3.8) is 0 Å². The maximum Gasteiger partial charge on any atom is 0.354 e. The van der Waals surface area contributed by atoms with Crippen LogP contribution in [0, 0.1) is 0 Å². The molecule has 0 amide bonds. The van der Waals surface area contributed by atoms with Gasteiger partial charge in [-0.2, -0.15) is 10.3 Å². The van der Waals surface area contributed by atoms with E-state index in [-0.39, 0.29) is 6.04 Å². The number of unbranched alkanes of at least 4 members (excludes halogenated alkanes) is 1. The van der Waals surface area contributed by atoms with E-state index in [1.54, 1.807) is 4.68 Å². The number of benzene rings is 2. The first kappa shape index (κ1) is 22.0. The molecule has 0 unspecified atom stereocenters. The number of tetrazole rings is 1. The summed E-state index contributed by atoms with van der Waals surface area (Å²) < 4.78 is 1.79. The Kier molecular flexibility index (Phi) is 6.20. The molecule has 0 saturated heterocycles. The first-order chi connectivity index (χ1) is 16.7. The molecule has 1 aliphatic rings. The maximum absolute atomic E-state index is 12.4. The zero-order chi connectivity index (χ0) is 23.5. The fourth-order valence-corrected chi connectivity index (χ4v) is 4.69. The van der Waals surface area contributed by atoms with Crippen molar-refractivity contribution in [2.75, 3.05) is 0 Å². The smallest absolute Gasteiger partial charge is 0.354 e. The molecule has 2 aromatic heterocycles. The molecule has 1 saturated carbocycles. The second-order valence-electron chi connectivity index (χ2n) is 8.83. The molecule has 4 aromatic rings. The Hall–Kier alpha value is -3.81. The van der Waals surface area contributed by atoms with Crippen LogP contribution in [0.2, 0.25) is 0 Å². The van der Waals surface area contributed by atoms with Gasteiger partial charge in [0.05, 0.1) is 11.7 Å². The Bertz CT molecular complexity index is 1290. The third-order valence-electron chi connectivity index (χ3n) is 6.67. The van der Waals surface area contributed by atoms with Crippen molar-refractivity contribution in [2.24, 2.45) is 0 Å². The van der Waals surface area contributed by atoms with Crippen LogP contribution in [-0.2, 0) is 12.8 Å². The van der Waals surface area contributed by atoms with Crippen molar-refractivity contribution >= 4 is 5.97 Å². The molecule has 0 bridgehead atoms. The van der Waals surface area contributed by atoms with E-state index < -0.39 is 5.97 Å². The fraction of sp³-hybridized carbons (Fsp3) is 0.346. The van der Waals surface area contributed by atoms with Crippen LogP contribution < -0.4 is 0 Å². The number of H-pyrrole nitrogens is 1. The molecular formula is C26H28N6O2. The Morgan fingerprint density at radius 3 is 2.47 bits per heavy atom. The van der Waals surface area contributed by atoms with E-state index in [2.05, 4.69) is 39.7 Å². The highest BCUT2D eigenvalue weighted by molar-refractivity contribution is 5.88. The molecule has 2 aromatic carbocycles. The number of carboxylic acid groups (broad SMARTS) is 1. The second kappa shape index (κ2) is 9.59. The molecule has 34 heavy (non-hydrogen) atoms. The minimum atomic E-state index is -0.901. The van der Waals surface area contributed by atoms with Gasteiger partial charge in [-0.25, -0.2) is 4.79 Å². The van der Waals surface area contributed by atoms with Gasteiger partial charge in [0.1, 0.15) is 5.69 Å². The van der Waals surface area contributed by atoms with Gasteiger partial charge in [0.2, 0.25) is 5.82 Å². The van der Waals surface area contributed by atoms with Gasteiger partial charge >= 0.3 is 5.97 Å². The van der Waals surface area contributed by atoms with Gasteiger partial charge in [0.15, 0.2) is 0 Å². The molecule has 2 N–H and O–H groups in total. The molecule has 5 rings (SSSR count). The molecule has 8 heteroatoms. The summed E-state index contributed by atoms with van der Waals surface area (Å²) in [5, 5.41) is 29.6. The molecule has 0 spiro atoms. The van der Waals surface area contributed by atoms with Crippen LogP contribution in [0.4, 0.5) is 0 Å². The number of hydrogen-bond donors (Lipinski definition) is 2. The predicted octanol–water partition coefficient (Wildman–Crippen LogP) is 5.09. The van der Waals surface area contributed by atoms with Gasteiger partial charge in [-0.15, -0.1) is 10.2 Å². The lowest BCUT2D eigenvalue weighted by molar-refractivity contribution is 0.0674. The van der Waals surface area contributed by atoms with E-state index >= 15 is 0 Å². The van der Waals surface area contributed by atoms with E-state index in [1.165, 1.54) is 0 Å². The van der Waals surface area contributed by atoms with Crippen molar-refractivity contribution in [1.82, 2.24) is 30.4 Å². The Morgan fingerprint density at radius 2 is 1.82 bits per heavy atom. The fourth-order valence-electron chi connectivity index (χ4n) is 4.69. The van der Waals surface area contributed by atoms with Crippen molar-refractivity contribution in [3.8, 4) is 22.5 Å². The molecular weight excluding hydrogens is 428 g/mol. The minimum Gasteiger partial charge on any atom is -0.477 e. The summed E-state index contributed by atoms with van der Waals surface area (Å²) >= 11 is 0. The molecule has 1 fully saturated rings. The maximum atomic E-state index is 12.4. The Labute approximate surface area is 198 Å². The van der Waals surface area contributed by atoms with E-state index in [0.29, 0.717) is 17.9 Å². The third-order valence-corrected chi connectivity index (χ3v) is 6.67. The molecule has 0 radical (unpaired) electrons. The van der Waals surface area contributed by atoms with Crippen molar-refractivity contribution in [3.05, 3.63) is 71.0 Å². The summed E-state index contributed by atoms with van der Waals surface area (Å²) in [7, 11) is 0. The van der Waals surface area contributed by atoms with Crippen LogP contribution in [0.15, 0.2) is 48.5 Å². The average Bonchev–Trinajstić information content (AvgIpc) is 3.46. The molecule has 0 atom stereocenters. The van der Waals surface area contributed by atoms with Gasteiger partial charge in [-0.3, -0.25) is 4.68 Å². The second-order valence-corrected chi connectivity index (χ2v) is 8.83. The first-order valence-corrected chi connectivity index (χ1v) is 11.9. The van der Waals surface area contributed by atoms with Crippen LogP contribution in [0.3, 0.4) is 0 Å². The van der Waals surface area contributed by atoms with E-state index in [9.17, 15) is 9.90 Å². The number of aromatic nitrogens is 6. The monoisotopic (exact) mass is 456 g/mol. The van der Waals surface area contributed by atoms with Gasteiger partial charge in [0, 0.05) is 17.5 Å². The summed E-state index contributed by atoms with van der Waals surface area (Å²) in [5.41, 5.74) is 6.02. The van der Waals surface area contributed by atoms with Crippen LogP contribution >= 0.6 is 0 Å². The minimum absolute atomic E-state index is 0.189. The lowest BCUT2D eigenvalue weighted by Gasteiger charge is -2.26. The predicted molar refractivity (Wildman–Crippen MR) is 129 cm³/mol. The average molecular weight is 457 g/mol. The summed E-state index contributed by atoms with van der Waals surface area (Å²) in [6, 6.07) is 16.3. The van der Waals surface area contributed by atoms with Gasteiger partial charge in [-0.1, -0.05) is 61.9 Å². The number of carbonyl (C=O) groups is 1. The Balaban J connectivity index is 1.61. The number of aromatic carboxylic acids is 1. The topological polar surface area (TPSA) is 110 Å². The standard InChI is InChI=1S/C26H28N6O2/c1-2-3-15-23-22(24(26(33)34)32(29-23)18-10-8-11-18)16-17-9-4-5-12-19(17)20-13-6-7-14-21(20)25-27-30-31-28-25/h4-7,9,12-14,18H,2-3,8,10-11,15-16H2,1H3,(H,33,34)(H,27,28,30,31). The number of aromatic amines is 1. The number of hydrogen-bond acceptors (Lipinski definition) is 5. The lowest BCUT2D eigenvalue weighted by atomic mass is 9.90. The molecule has 174 valence electrons. The molecule has 1 aliphatic carbocycles. The first-order valence-electron chi connectivity index (χ1n) is 11.9. The number of rotatable bonds is 9. The van der Waals surface area contributed by atoms with Crippen LogP contribution in [0.1, 0.15) is 72.4 Å². The van der Waals surface area contributed by atoms with Gasteiger partial charge in [0.25, 0.3) is 0 Å². The SMILES string of the molecule is CCCCc1nn(C2CCC2)c(C(=O)O)c1Cc1ccccc1-c1ccccc1-c1nn[nH]n1. The quantitative estimate of drug-likeness (QED) is 0.363. The highest BCUT2D eigenvalue weighted by Crippen LogP contribution is 2.37. The number of nitrogens with zero attached hydrogens (tertiary/aromatic N) is 5. The molecule has 2 heterocycles. The molecule has 0 aliphatic heterocycles. The highest BCUT2D eigenvalue weighted by Gasteiger charge is 2.30. The van der Waals surface area contributed by atoms with Crippen molar-refractivity contribution in [1.29, 1.82) is 0 Å². The normalized spacial score (nSPS) is 13.7.